The third-order valence-electron chi connectivity index (χ3n) is 8.99. The average molecular weight is 652 g/mol. The van der Waals surface area contributed by atoms with E-state index in [4.69, 9.17) is 16.2 Å². The van der Waals surface area contributed by atoms with Crippen LogP contribution in [0.25, 0.3) is 0 Å². The minimum atomic E-state index is -4.92. The topological polar surface area (TPSA) is 134 Å². The highest BCUT2D eigenvalue weighted by molar-refractivity contribution is 5.92. The van der Waals surface area contributed by atoms with Gasteiger partial charge >= 0.3 is 11.9 Å². The second kappa shape index (κ2) is 12.5. The van der Waals surface area contributed by atoms with Gasteiger partial charge in [0.25, 0.3) is 5.56 Å². The summed E-state index contributed by atoms with van der Waals surface area (Å²) in [6, 6.07) is 17.0. The molecule has 246 valence electrons. The molecule has 4 aromatic rings. The highest BCUT2D eigenvalue weighted by Gasteiger charge is 2.50. The molecule has 0 aliphatic carbocycles. The van der Waals surface area contributed by atoms with E-state index in [-0.39, 0.29) is 29.8 Å². The van der Waals surface area contributed by atoms with Crippen molar-refractivity contribution in [2.75, 3.05) is 13.1 Å². The lowest BCUT2D eigenvalue weighted by Gasteiger charge is -2.34. The number of ether oxygens (including phenoxy) is 1. The summed E-state index contributed by atoms with van der Waals surface area (Å²) in [7, 11) is 0. The van der Waals surface area contributed by atoms with Crippen molar-refractivity contribution in [2.24, 2.45) is 11.5 Å². The molecule has 1 spiro atoms. The van der Waals surface area contributed by atoms with E-state index in [1.54, 1.807) is 48.5 Å². The fraction of sp³-hybridized carbons (Fsp3) is 0.324. The number of nitrogens with one attached hydrogen (secondary N) is 1. The number of nitrogens with zero attached hydrogens (tertiary/aromatic N) is 2. The van der Waals surface area contributed by atoms with E-state index in [1.807, 2.05) is 0 Å². The number of aromatic nitrogens is 2. The Morgan fingerprint density at radius 1 is 1.00 bits per heavy atom. The molecule has 1 fully saturated rings. The number of fused-ring (bicyclic) bond motifs is 2. The molecular formula is C34H33F4N5O4. The minimum Gasteiger partial charge on any atom is -0.366 e. The molecule has 1 amide bonds. The summed E-state index contributed by atoms with van der Waals surface area (Å²) < 4.78 is 66.4. The van der Waals surface area contributed by atoms with E-state index >= 15 is 4.39 Å². The molecule has 9 nitrogen and oxygen atoms in total. The van der Waals surface area contributed by atoms with E-state index in [0.717, 1.165) is 27.3 Å². The Hall–Kier alpha value is -4.59. The number of benzene rings is 3. The highest BCUT2D eigenvalue weighted by Crippen LogP contribution is 2.48. The summed E-state index contributed by atoms with van der Waals surface area (Å²) in [5, 5.41) is 3.23. The van der Waals surface area contributed by atoms with Gasteiger partial charge in [0.05, 0.1) is 29.9 Å². The monoisotopic (exact) mass is 651 g/mol. The van der Waals surface area contributed by atoms with Gasteiger partial charge in [-0.25, -0.2) is 9.18 Å². The van der Waals surface area contributed by atoms with Gasteiger partial charge in [-0.05, 0) is 61.3 Å². The lowest BCUT2D eigenvalue weighted by atomic mass is 9.85. The predicted octanol–water partition coefficient (Wildman–Crippen LogP) is 3.91. The molecule has 2 atom stereocenters. The zero-order chi connectivity index (χ0) is 33.5. The third-order valence-corrected chi connectivity index (χ3v) is 8.99. The Morgan fingerprint density at radius 3 is 2.38 bits per heavy atom. The first-order valence-corrected chi connectivity index (χ1v) is 15.2. The van der Waals surface area contributed by atoms with Crippen molar-refractivity contribution in [2.45, 2.75) is 56.3 Å². The van der Waals surface area contributed by atoms with Crippen LogP contribution in [-0.2, 0) is 36.0 Å². The molecule has 0 bridgehead atoms. The van der Waals surface area contributed by atoms with Crippen molar-refractivity contribution < 1.29 is 27.1 Å². The van der Waals surface area contributed by atoms with Crippen LogP contribution >= 0.6 is 0 Å². The first-order valence-electron chi connectivity index (χ1n) is 15.2. The number of primary amides is 1. The minimum absolute atomic E-state index is 0.0547. The Morgan fingerprint density at radius 2 is 1.70 bits per heavy atom. The first-order chi connectivity index (χ1) is 22.4. The number of nitrogens with two attached hydrogens (primary N) is 2. The van der Waals surface area contributed by atoms with E-state index in [0.29, 0.717) is 37.1 Å². The Bertz CT molecular complexity index is 1930. The van der Waals surface area contributed by atoms with E-state index in [1.165, 1.54) is 6.07 Å². The van der Waals surface area contributed by atoms with Gasteiger partial charge in [-0.3, -0.25) is 18.7 Å². The molecule has 13 heteroatoms. The van der Waals surface area contributed by atoms with Crippen LogP contribution < -0.4 is 28.0 Å². The number of rotatable bonds is 8. The zero-order valence-corrected chi connectivity index (χ0v) is 25.2. The number of halogens is 4. The lowest BCUT2D eigenvalue weighted by molar-refractivity contribution is -0.138. The standard InChI is InChI=1S/C34H33F4N5O4/c35-25-11-5-10-24(34(36,37)38)23(25)18-42-29-27(17-20-6-4-9-22(16-20)30(40)44)47-33(12-14-41-15-13-33)28(29)31(45)43(32(42)46)19-26(39)21-7-2-1-3-8-21/h1-11,16,26-27,41H,12-15,17-19,39H2,(H2,40,44)/t26?,27-/m1/s1. The third kappa shape index (κ3) is 6.13. The molecule has 0 radical (unpaired) electrons. The van der Waals surface area contributed by atoms with Gasteiger partial charge in [-0.2, -0.15) is 13.2 Å². The van der Waals surface area contributed by atoms with Crippen LogP contribution in [-0.4, -0.2) is 28.1 Å². The molecule has 2 aliphatic rings. The molecular weight excluding hydrogens is 618 g/mol. The van der Waals surface area contributed by atoms with E-state index < -0.39 is 64.6 Å². The number of hydrogen-bond acceptors (Lipinski definition) is 6. The number of carbonyl (C=O) groups excluding carboxylic acids is 1. The van der Waals surface area contributed by atoms with E-state index in [2.05, 4.69) is 5.32 Å². The second-order valence-corrected chi connectivity index (χ2v) is 11.9. The van der Waals surface area contributed by atoms with Crippen molar-refractivity contribution in [3.8, 4) is 0 Å². The van der Waals surface area contributed by atoms with Gasteiger partial charge in [0, 0.05) is 23.6 Å². The maximum Gasteiger partial charge on any atom is 0.416 e. The smallest absolute Gasteiger partial charge is 0.366 e. The maximum absolute atomic E-state index is 15.3. The van der Waals surface area contributed by atoms with Crippen LogP contribution in [0.2, 0.25) is 0 Å². The summed E-state index contributed by atoms with van der Waals surface area (Å²) in [5.41, 5.74) is 8.84. The van der Waals surface area contributed by atoms with Crippen molar-refractivity contribution in [3.63, 3.8) is 0 Å². The number of piperidine rings is 1. The molecule has 3 heterocycles. The van der Waals surface area contributed by atoms with Gasteiger partial charge in [-0.1, -0.05) is 48.5 Å². The normalized spacial score (nSPS) is 17.9. The molecule has 3 aromatic carbocycles. The second-order valence-electron chi connectivity index (χ2n) is 11.9. The number of alkyl halides is 3. The first kappa shape index (κ1) is 32.4. The van der Waals surface area contributed by atoms with Gasteiger partial charge in [0.1, 0.15) is 17.5 Å². The Kier molecular flexibility index (Phi) is 8.64. The van der Waals surface area contributed by atoms with E-state index in [9.17, 15) is 27.6 Å². The van der Waals surface area contributed by atoms with Crippen LogP contribution in [0.5, 0.6) is 0 Å². The number of hydrogen-bond donors (Lipinski definition) is 3. The van der Waals surface area contributed by atoms with Gasteiger partial charge in [-0.15, -0.1) is 0 Å². The molecule has 1 aromatic heterocycles. The zero-order valence-electron chi connectivity index (χ0n) is 25.2. The SMILES string of the molecule is NC(=O)c1cccc(C[C@H]2OC3(CCNCC3)c3c2n(Cc2c(F)cccc2C(F)(F)F)c(=O)n(CC(N)c2ccccc2)c3=O)c1. The molecule has 2 aliphatic heterocycles. The lowest BCUT2D eigenvalue weighted by Crippen LogP contribution is -2.49. The van der Waals surface area contributed by atoms with Crippen LogP contribution in [0.1, 0.15) is 68.9 Å². The summed E-state index contributed by atoms with van der Waals surface area (Å²) in [5.74, 6) is -1.82. The fourth-order valence-corrected chi connectivity index (χ4v) is 6.73. The number of amides is 1. The van der Waals surface area contributed by atoms with Crippen molar-refractivity contribution in [1.29, 1.82) is 0 Å². The molecule has 47 heavy (non-hydrogen) atoms. The maximum atomic E-state index is 15.3. The number of carbonyl (C=O) groups is 1. The molecule has 5 N–H and O–H groups in total. The Labute approximate surface area is 266 Å². The van der Waals surface area contributed by atoms with Crippen LogP contribution in [0.3, 0.4) is 0 Å². The molecule has 1 unspecified atom stereocenters. The van der Waals surface area contributed by atoms with Gasteiger partial charge in [0.15, 0.2) is 0 Å². The predicted molar refractivity (Wildman–Crippen MR) is 165 cm³/mol. The summed E-state index contributed by atoms with van der Waals surface area (Å²) >= 11 is 0. The molecule has 6 rings (SSSR count). The van der Waals surface area contributed by atoms with Crippen LogP contribution in [0.15, 0.2) is 82.4 Å². The van der Waals surface area contributed by atoms with Crippen molar-refractivity contribution in [3.05, 3.63) is 139 Å². The highest BCUT2D eigenvalue weighted by atomic mass is 19.4. The summed E-state index contributed by atoms with van der Waals surface area (Å²) in [4.78, 5) is 40.7. The molecule has 0 saturated carbocycles. The largest absolute Gasteiger partial charge is 0.416 e. The molecule has 1 saturated heterocycles. The van der Waals surface area contributed by atoms with Gasteiger partial charge < -0.3 is 21.5 Å². The average Bonchev–Trinajstić information content (AvgIpc) is 3.34. The van der Waals surface area contributed by atoms with Crippen molar-refractivity contribution in [1.82, 2.24) is 14.5 Å². The van der Waals surface area contributed by atoms with Crippen LogP contribution in [0.4, 0.5) is 17.6 Å². The van der Waals surface area contributed by atoms with Crippen molar-refractivity contribution >= 4 is 5.91 Å². The fourth-order valence-electron chi connectivity index (χ4n) is 6.73. The summed E-state index contributed by atoms with van der Waals surface area (Å²) in [6.45, 7) is -0.162. The summed E-state index contributed by atoms with van der Waals surface area (Å²) in [6.07, 6.45) is -5.19. The van der Waals surface area contributed by atoms with Crippen LogP contribution in [0, 0.1) is 5.82 Å². The van der Waals surface area contributed by atoms with Gasteiger partial charge in [0.2, 0.25) is 5.91 Å². The Balaban J connectivity index is 1.59. The quantitative estimate of drug-likeness (QED) is 0.248.